The molecule has 5 nitrogen and oxygen atoms in total. The summed E-state index contributed by atoms with van der Waals surface area (Å²) in [6.07, 6.45) is 3.80. The Bertz CT molecular complexity index is 513. The molecule has 1 fully saturated rings. The van der Waals surface area contributed by atoms with Crippen molar-refractivity contribution in [3.8, 4) is 0 Å². The van der Waals surface area contributed by atoms with Crippen LogP contribution >= 0.6 is 12.4 Å². The molecule has 6 heteroatoms. The van der Waals surface area contributed by atoms with Gasteiger partial charge in [-0.05, 0) is 36.8 Å². The maximum atomic E-state index is 12.1. The van der Waals surface area contributed by atoms with Gasteiger partial charge in [-0.25, -0.2) is 0 Å². The van der Waals surface area contributed by atoms with Crippen molar-refractivity contribution in [3.63, 3.8) is 0 Å². The van der Waals surface area contributed by atoms with Crippen LogP contribution in [-0.4, -0.2) is 31.8 Å². The number of amides is 1. The first-order valence-corrected chi connectivity index (χ1v) is 8.94. The largest absolute Gasteiger partial charge is 0.379 e. The summed E-state index contributed by atoms with van der Waals surface area (Å²) in [5, 5.41) is 3.00. The summed E-state index contributed by atoms with van der Waals surface area (Å²) in [6, 6.07) is 8.31. The summed E-state index contributed by atoms with van der Waals surface area (Å²) in [4.78, 5) is 12.1. The second-order valence-electron chi connectivity index (χ2n) is 6.41. The van der Waals surface area contributed by atoms with Crippen LogP contribution in [0.3, 0.4) is 0 Å². The van der Waals surface area contributed by atoms with Gasteiger partial charge in [0.25, 0.3) is 0 Å². The van der Waals surface area contributed by atoms with Crippen LogP contribution in [0.5, 0.6) is 0 Å². The number of hydrogen-bond donors (Lipinski definition) is 2. The average Bonchev–Trinajstić information content (AvgIpc) is 2.98. The van der Waals surface area contributed by atoms with E-state index in [1.165, 1.54) is 0 Å². The van der Waals surface area contributed by atoms with E-state index in [4.69, 9.17) is 15.2 Å². The fourth-order valence-electron chi connectivity index (χ4n) is 3.11. The highest BCUT2D eigenvalue weighted by molar-refractivity contribution is 5.85. The first kappa shape index (κ1) is 21.9. The van der Waals surface area contributed by atoms with Gasteiger partial charge in [0.15, 0.2) is 0 Å². The Morgan fingerprint density at radius 2 is 2.00 bits per heavy atom. The van der Waals surface area contributed by atoms with Gasteiger partial charge in [-0.15, -0.1) is 12.4 Å². The smallest absolute Gasteiger partial charge is 0.220 e. The summed E-state index contributed by atoms with van der Waals surface area (Å²) >= 11 is 0. The van der Waals surface area contributed by atoms with Crippen LogP contribution < -0.4 is 11.1 Å². The molecule has 0 aliphatic heterocycles. The summed E-state index contributed by atoms with van der Waals surface area (Å²) in [5.74, 6) is 0.436. The molecule has 2 rings (SSSR count). The summed E-state index contributed by atoms with van der Waals surface area (Å²) in [5.41, 5.74) is 8.22. The molecule has 0 spiro atoms. The topological polar surface area (TPSA) is 73.6 Å². The van der Waals surface area contributed by atoms with Crippen LogP contribution in [-0.2, 0) is 27.4 Å². The zero-order valence-corrected chi connectivity index (χ0v) is 15.9. The molecule has 0 aromatic heterocycles. The van der Waals surface area contributed by atoms with Crippen molar-refractivity contribution in [2.75, 3.05) is 19.8 Å². The maximum absolute atomic E-state index is 12.1. The third kappa shape index (κ3) is 8.19. The summed E-state index contributed by atoms with van der Waals surface area (Å²) in [6.45, 7) is 5.01. The first-order valence-electron chi connectivity index (χ1n) is 8.94. The minimum absolute atomic E-state index is 0. The van der Waals surface area contributed by atoms with E-state index >= 15 is 0 Å². The Kier molecular flexibility index (Phi) is 10.7. The number of rotatable bonds is 10. The van der Waals surface area contributed by atoms with Gasteiger partial charge in [0.1, 0.15) is 0 Å². The molecule has 25 heavy (non-hydrogen) atoms. The number of carbonyl (C=O) groups excluding carboxylic acids is 1. The van der Waals surface area contributed by atoms with E-state index in [2.05, 4.69) is 11.4 Å². The Balaban J connectivity index is 0.00000312. The van der Waals surface area contributed by atoms with Gasteiger partial charge in [0.2, 0.25) is 5.91 Å². The third-order valence-corrected chi connectivity index (χ3v) is 4.49. The lowest BCUT2D eigenvalue weighted by molar-refractivity contribution is -0.122. The van der Waals surface area contributed by atoms with E-state index < -0.39 is 0 Å². The number of hydrogen-bond acceptors (Lipinski definition) is 4. The number of carbonyl (C=O) groups is 1. The number of halogens is 1. The highest BCUT2D eigenvalue weighted by Gasteiger charge is 2.25. The molecule has 142 valence electrons. The zero-order chi connectivity index (χ0) is 17.2. The van der Waals surface area contributed by atoms with E-state index in [1.54, 1.807) is 0 Å². The highest BCUT2D eigenvalue weighted by Crippen LogP contribution is 2.26. The van der Waals surface area contributed by atoms with Crippen LogP contribution in [0, 0.1) is 5.92 Å². The Hall–Kier alpha value is -1.14. The number of nitrogens with one attached hydrogen (secondary N) is 1. The Morgan fingerprint density at radius 1 is 1.24 bits per heavy atom. The molecule has 2 atom stereocenters. The van der Waals surface area contributed by atoms with Crippen molar-refractivity contribution in [1.82, 2.24) is 5.32 Å². The second-order valence-corrected chi connectivity index (χ2v) is 6.41. The molecule has 0 bridgehead atoms. The molecule has 0 radical (unpaired) electrons. The van der Waals surface area contributed by atoms with E-state index in [-0.39, 0.29) is 24.4 Å². The lowest BCUT2D eigenvalue weighted by Crippen LogP contribution is -2.31. The van der Waals surface area contributed by atoms with E-state index in [0.29, 0.717) is 45.3 Å². The normalized spacial score (nSPS) is 19.4. The van der Waals surface area contributed by atoms with Gasteiger partial charge in [0.05, 0.1) is 19.8 Å². The fourth-order valence-corrected chi connectivity index (χ4v) is 3.11. The monoisotopic (exact) mass is 370 g/mol. The Morgan fingerprint density at radius 3 is 2.72 bits per heavy atom. The predicted octanol–water partition coefficient (Wildman–Crippen LogP) is 2.80. The van der Waals surface area contributed by atoms with Gasteiger partial charge in [-0.3, -0.25) is 4.79 Å². The maximum Gasteiger partial charge on any atom is 0.220 e. The van der Waals surface area contributed by atoms with Crippen LogP contribution in [0.25, 0.3) is 0 Å². The number of ether oxygens (including phenoxy) is 2. The van der Waals surface area contributed by atoms with Crippen LogP contribution in [0.2, 0.25) is 0 Å². The Labute approximate surface area is 157 Å². The molecular formula is C19H31ClN2O3. The van der Waals surface area contributed by atoms with Crippen LogP contribution in [0.1, 0.15) is 43.7 Å². The van der Waals surface area contributed by atoms with Gasteiger partial charge in [-0.1, -0.05) is 30.7 Å². The van der Waals surface area contributed by atoms with Gasteiger partial charge in [0, 0.05) is 25.6 Å². The molecule has 1 saturated carbocycles. The van der Waals surface area contributed by atoms with E-state index in [9.17, 15) is 4.79 Å². The van der Waals surface area contributed by atoms with Crippen molar-refractivity contribution in [2.24, 2.45) is 11.7 Å². The van der Waals surface area contributed by atoms with E-state index in [0.717, 1.165) is 30.4 Å². The third-order valence-electron chi connectivity index (χ3n) is 4.49. The summed E-state index contributed by atoms with van der Waals surface area (Å²) in [7, 11) is 0. The van der Waals surface area contributed by atoms with Crippen molar-refractivity contribution >= 4 is 18.3 Å². The molecule has 0 heterocycles. The van der Waals surface area contributed by atoms with Crippen molar-refractivity contribution in [1.29, 1.82) is 0 Å². The minimum Gasteiger partial charge on any atom is -0.379 e. The van der Waals surface area contributed by atoms with Crippen LogP contribution in [0.15, 0.2) is 24.3 Å². The zero-order valence-electron chi connectivity index (χ0n) is 15.0. The molecule has 1 aliphatic rings. The van der Waals surface area contributed by atoms with Crippen molar-refractivity contribution in [2.45, 2.75) is 51.8 Å². The molecule has 1 aromatic carbocycles. The van der Waals surface area contributed by atoms with Gasteiger partial charge in [-0.2, -0.15) is 0 Å². The standard InChI is InChI=1S/C19H30N2O3.ClH/c1-2-23-9-10-24-14-16-6-3-5-15(11-16)13-21-19(22)12-17-7-4-8-18(17)20;/h3,5-6,11,17-18H,2,4,7-10,12-14,20H2,1H3,(H,21,22);1H/t17-,18+;/m0./s1. The lowest BCUT2D eigenvalue weighted by atomic mass is 10.00. The molecule has 1 aliphatic carbocycles. The van der Waals surface area contributed by atoms with Gasteiger partial charge >= 0.3 is 0 Å². The molecule has 0 saturated heterocycles. The highest BCUT2D eigenvalue weighted by atomic mass is 35.5. The first-order chi connectivity index (χ1) is 11.7. The van der Waals surface area contributed by atoms with Gasteiger partial charge < -0.3 is 20.5 Å². The lowest BCUT2D eigenvalue weighted by Gasteiger charge is -2.15. The van der Waals surface area contributed by atoms with Crippen LogP contribution in [0.4, 0.5) is 0 Å². The average molecular weight is 371 g/mol. The molecular weight excluding hydrogens is 340 g/mol. The molecule has 0 unspecified atom stereocenters. The van der Waals surface area contributed by atoms with Crippen molar-refractivity contribution < 1.29 is 14.3 Å². The SMILES string of the molecule is CCOCCOCc1cccc(CNC(=O)C[C@@H]2CCC[C@H]2N)c1.Cl. The van der Waals surface area contributed by atoms with Crippen molar-refractivity contribution in [3.05, 3.63) is 35.4 Å². The fraction of sp³-hybridized carbons (Fsp3) is 0.632. The number of nitrogens with two attached hydrogens (primary N) is 1. The quantitative estimate of drug-likeness (QED) is 0.621. The molecule has 1 amide bonds. The minimum atomic E-state index is 0. The molecule has 1 aromatic rings. The molecule has 3 N–H and O–H groups in total. The predicted molar refractivity (Wildman–Crippen MR) is 102 cm³/mol. The number of benzene rings is 1. The van der Waals surface area contributed by atoms with E-state index in [1.807, 2.05) is 25.1 Å². The second kappa shape index (κ2) is 12.3. The summed E-state index contributed by atoms with van der Waals surface area (Å²) < 4.78 is 10.8.